The molecule has 2 N–H and O–H groups in total. The van der Waals surface area contributed by atoms with Crippen molar-refractivity contribution in [2.24, 2.45) is 5.92 Å². The van der Waals surface area contributed by atoms with Gasteiger partial charge in [-0.1, -0.05) is 18.2 Å². The monoisotopic (exact) mass is 296 g/mol. The Morgan fingerprint density at radius 3 is 2.68 bits per heavy atom. The molecule has 1 fully saturated rings. The topological polar surface area (TPSA) is 62.2 Å². The van der Waals surface area contributed by atoms with Crippen LogP contribution in [-0.4, -0.2) is 29.1 Å². The molecule has 1 aromatic carbocycles. The average molecular weight is 296 g/mol. The number of pyridine rings is 1. The van der Waals surface area contributed by atoms with E-state index in [9.17, 15) is 4.79 Å². The molecule has 1 aliphatic heterocycles. The lowest BCUT2D eigenvalue weighted by Crippen LogP contribution is -2.28. The summed E-state index contributed by atoms with van der Waals surface area (Å²) >= 11 is 0. The van der Waals surface area contributed by atoms with Crippen LogP contribution in [0.5, 0.6) is 0 Å². The molecule has 114 valence electrons. The van der Waals surface area contributed by atoms with Gasteiger partial charge in [-0.3, -0.25) is 4.98 Å². The summed E-state index contributed by atoms with van der Waals surface area (Å²) in [5.41, 5.74) is 3.26. The highest BCUT2D eigenvalue weighted by Gasteiger charge is 2.14. The van der Waals surface area contributed by atoms with Crippen LogP contribution in [0.25, 0.3) is 11.1 Å². The summed E-state index contributed by atoms with van der Waals surface area (Å²) in [5.74, 6) is -0.188. The molecule has 0 amide bonds. The van der Waals surface area contributed by atoms with Crippen LogP contribution >= 0.6 is 0 Å². The largest absolute Gasteiger partial charge is 0.478 e. The van der Waals surface area contributed by atoms with E-state index in [4.69, 9.17) is 5.11 Å². The summed E-state index contributed by atoms with van der Waals surface area (Å²) in [6.07, 6.45) is 5.29. The summed E-state index contributed by atoms with van der Waals surface area (Å²) in [6, 6.07) is 11.1. The van der Waals surface area contributed by atoms with Crippen LogP contribution in [0.4, 0.5) is 0 Å². The van der Waals surface area contributed by atoms with E-state index in [1.54, 1.807) is 18.2 Å². The fraction of sp³-hybridized carbons (Fsp3) is 0.333. The van der Waals surface area contributed by atoms with Crippen molar-refractivity contribution in [3.8, 4) is 11.1 Å². The number of carboxylic acid groups (broad SMARTS) is 1. The quantitative estimate of drug-likeness (QED) is 0.910. The molecule has 1 saturated heterocycles. The lowest BCUT2D eigenvalue weighted by molar-refractivity contribution is 0.0697. The molecule has 4 nitrogen and oxygen atoms in total. The van der Waals surface area contributed by atoms with Crippen molar-refractivity contribution in [1.29, 1.82) is 0 Å². The number of aromatic nitrogens is 1. The second kappa shape index (κ2) is 6.71. The number of piperidine rings is 1. The first-order valence-electron chi connectivity index (χ1n) is 7.72. The van der Waals surface area contributed by atoms with E-state index in [1.165, 1.54) is 12.8 Å². The fourth-order valence-corrected chi connectivity index (χ4v) is 2.93. The summed E-state index contributed by atoms with van der Waals surface area (Å²) < 4.78 is 0. The summed E-state index contributed by atoms with van der Waals surface area (Å²) in [4.78, 5) is 15.6. The molecule has 0 aliphatic carbocycles. The van der Waals surface area contributed by atoms with Crippen molar-refractivity contribution in [1.82, 2.24) is 10.3 Å². The summed E-state index contributed by atoms with van der Waals surface area (Å²) in [7, 11) is 0. The zero-order valence-corrected chi connectivity index (χ0v) is 12.5. The Morgan fingerprint density at radius 1 is 1.18 bits per heavy atom. The van der Waals surface area contributed by atoms with E-state index >= 15 is 0 Å². The second-order valence-corrected chi connectivity index (χ2v) is 5.82. The summed E-state index contributed by atoms with van der Waals surface area (Å²) in [6.45, 7) is 2.20. The van der Waals surface area contributed by atoms with Gasteiger partial charge in [0.1, 0.15) is 0 Å². The Morgan fingerprint density at radius 2 is 2.00 bits per heavy atom. The predicted octanol–water partition coefficient (Wildman–Crippen LogP) is 2.99. The fourth-order valence-electron chi connectivity index (χ4n) is 2.93. The van der Waals surface area contributed by atoms with E-state index in [2.05, 4.69) is 16.4 Å². The Kier molecular flexibility index (Phi) is 4.49. The lowest BCUT2D eigenvalue weighted by Gasteiger charge is -2.22. The molecule has 0 unspecified atom stereocenters. The van der Waals surface area contributed by atoms with Gasteiger partial charge >= 0.3 is 5.97 Å². The third-order valence-electron chi connectivity index (χ3n) is 4.22. The number of carboxylic acids is 1. The molecule has 1 aromatic heterocycles. The van der Waals surface area contributed by atoms with Gasteiger partial charge < -0.3 is 10.4 Å². The van der Waals surface area contributed by atoms with Crippen LogP contribution in [0.3, 0.4) is 0 Å². The minimum Gasteiger partial charge on any atom is -0.478 e. The Bertz CT molecular complexity index is 646. The molecule has 2 aromatic rings. The number of hydrogen-bond acceptors (Lipinski definition) is 3. The number of aromatic carboxylic acids is 1. The van der Waals surface area contributed by atoms with Crippen LogP contribution < -0.4 is 5.32 Å². The number of hydrogen-bond donors (Lipinski definition) is 2. The van der Waals surface area contributed by atoms with Crippen LogP contribution in [-0.2, 0) is 6.42 Å². The van der Waals surface area contributed by atoms with E-state index in [-0.39, 0.29) is 0 Å². The van der Waals surface area contributed by atoms with Gasteiger partial charge in [0, 0.05) is 17.5 Å². The molecule has 0 saturated carbocycles. The van der Waals surface area contributed by atoms with Crippen LogP contribution in [0, 0.1) is 5.92 Å². The first-order chi connectivity index (χ1) is 10.7. The zero-order chi connectivity index (χ0) is 15.4. The van der Waals surface area contributed by atoms with E-state index < -0.39 is 5.97 Å². The smallest absolute Gasteiger partial charge is 0.335 e. The van der Waals surface area contributed by atoms with Crippen LogP contribution in [0.15, 0.2) is 42.6 Å². The third kappa shape index (κ3) is 3.52. The van der Waals surface area contributed by atoms with Crippen molar-refractivity contribution < 1.29 is 9.90 Å². The number of nitrogens with one attached hydrogen (secondary N) is 1. The highest BCUT2D eigenvalue weighted by molar-refractivity contribution is 5.89. The van der Waals surface area contributed by atoms with E-state index in [0.717, 1.165) is 42.2 Å². The van der Waals surface area contributed by atoms with Crippen molar-refractivity contribution >= 4 is 5.97 Å². The maximum atomic E-state index is 11.0. The number of carbonyl (C=O) groups is 1. The number of benzene rings is 1. The van der Waals surface area contributed by atoms with E-state index in [0.29, 0.717) is 5.56 Å². The first-order valence-corrected chi connectivity index (χ1v) is 7.72. The van der Waals surface area contributed by atoms with Gasteiger partial charge in [0.05, 0.1) is 5.56 Å². The SMILES string of the molecule is O=C(O)c1cccc(-c2ccc(CC3CCNCC3)nc2)c1. The molecule has 3 rings (SSSR count). The molecular formula is C18H20N2O2. The Hall–Kier alpha value is -2.20. The van der Waals surface area contributed by atoms with Gasteiger partial charge in [0.2, 0.25) is 0 Å². The summed E-state index contributed by atoms with van der Waals surface area (Å²) in [5, 5.41) is 12.4. The molecule has 1 aliphatic rings. The second-order valence-electron chi connectivity index (χ2n) is 5.82. The van der Waals surface area contributed by atoms with Crippen molar-refractivity contribution in [2.75, 3.05) is 13.1 Å². The lowest BCUT2D eigenvalue weighted by atomic mass is 9.93. The minimum absolute atomic E-state index is 0.302. The molecule has 4 heteroatoms. The zero-order valence-electron chi connectivity index (χ0n) is 12.5. The highest BCUT2D eigenvalue weighted by atomic mass is 16.4. The van der Waals surface area contributed by atoms with Gasteiger partial charge in [-0.25, -0.2) is 4.79 Å². The van der Waals surface area contributed by atoms with Crippen LogP contribution in [0.2, 0.25) is 0 Å². The first kappa shape index (κ1) is 14.7. The maximum absolute atomic E-state index is 11.0. The average Bonchev–Trinajstić information content (AvgIpc) is 2.56. The van der Waals surface area contributed by atoms with E-state index in [1.807, 2.05) is 18.3 Å². The number of nitrogens with zero attached hydrogens (tertiary/aromatic N) is 1. The molecule has 0 atom stereocenters. The Balaban J connectivity index is 1.73. The molecule has 0 spiro atoms. The van der Waals surface area contributed by atoms with Gasteiger partial charge in [0.25, 0.3) is 0 Å². The molecule has 0 radical (unpaired) electrons. The third-order valence-corrected chi connectivity index (χ3v) is 4.22. The van der Waals surface area contributed by atoms with Gasteiger partial charge in [0.15, 0.2) is 0 Å². The van der Waals surface area contributed by atoms with Gasteiger partial charge in [-0.15, -0.1) is 0 Å². The normalized spacial score (nSPS) is 15.6. The van der Waals surface area contributed by atoms with Crippen molar-refractivity contribution in [3.63, 3.8) is 0 Å². The molecule has 22 heavy (non-hydrogen) atoms. The van der Waals surface area contributed by atoms with Gasteiger partial charge in [-0.05, 0) is 62.0 Å². The highest BCUT2D eigenvalue weighted by Crippen LogP contribution is 2.22. The molecular weight excluding hydrogens is 276 g/mol. The van der Waals surface area contributed by atoms with Crippen LogP contribution in [0.1, 0.15) is 28.9 Å². The van der Waals surface area contributed by atoms with Gasteiger partial charge in [-0.2, -0.15) is 0 Å². The van der Waals surface area contributed by atoms with Crippen molar-refractivity contribution in [3.05, 3.63) is 53.9 Å². The molecule has 0 bridgehead atoms. The predicted molar refractivity (Wildman–Crippen MR) is 85.9 cm³/mol. The number of rotatable bonds is 4. The minimum atomic E-state index is -0.905. The maximum Gasteiger partial charge on any atom is 0.335 e. The van der Waals surface area contributed by atoms with Crippen molar-refractivity contribution in [2.45, 2.75) is 19.3 Å². The Labute approximate surface area is 130 Å². The molecule has 2 heterocycles. The standard InChI is InChI=1S/C18H20N2O2/c21-18(22)15-3-1-2-14(11-15)16-4-5-17(20-12-16)10-13-6-8-19-9-7-13/h1-5,11-13,19H,6-10H2,(H,21,22).